The minimum Gasteiger partial charge on any atom is -0.264 e. The largest absolute Gasteiger partial charge is 0.264 e. The predicted molar refractivity (Wildman–Crippen MR) is 152 cm³/mol. The molecule has 2 aromatic heterocycles. The fourth-order valence-electron chi connectivity index (χ4n) is 8.41. The summed E-state index contributed by atoms with van der Waals surface area (Å²) < 4.78 is 0. The summed E-state index contributed by atoms with van der Waals surface area (Å²) in [6.07, 6.45) is 21.6. The number of hydrogen-bond donors (Lipinski definition) is 0. The molecule has 35 heavy (non-hydrogen) atoms. The molecule has 7 rings (SSSR count). The number of allylic oxidation sites excluding steroid dienone is 4. The van der Waals surface area contributed by atoms with Crippen LogP contribution < -0.4 is 0 Å². The molecule has 4 fully saturated rings. The molecule has 0 amide bonds. The number of rotatable bonds is 5. The minimum absolute atomic E-state index is 0.177. The van der Waals surface area contributed by atoms with E-state index in [2.05, 4.69) is 98.0 Å². The molecule has 3 atom stereocenters. The van der Waals surface area contributed by atoms with E-state index in [9.17, 15) is 0 Å². The van der Waals surface area contributed by atoms with Crippen LogP contribution in [0.25, 0.3) is 0 Å². The van der Waals surface area contributed by atoms with Crippen LogP contribution in [-0.2, 0) is 5.16 Å². The highest BCUT2D eigenvalue weighted by Gasteiger charge is 2.60. The SMILES string of the molecule is CC(C)(C)C1C=C(C(P)(c2cccnc2)c2cccnc2)C(C2(CP)C3CC4CC(C3)CC2C4)=C1. The third kappa shape index (κ3) is 3.65. The number of pyridine rings is 2. The van der Waals surface area contributed by atoms with Gasteiger partial charge in [0.2, 0.25) is 0 Å². The maximum atomic E-state index is 4.58. The predicted octanol–water partition coefficient (Wildman–Crippen LogP) is 7.44. The number of nitrogens with zero attached hydrogens (tertiary/aromatic N) is 2. The Balaban J connectivity index is 1.57. The van der Waals surface area contributed by atoms with E-state index in [0.29, 0.717) is 5.92 Å². The van der Waals surface area contributed by atoms with Crippen molar-refractivity contribution in [2.24, 2.45) is 40.4 Å². The molecule has 0 spiro atoms. The van der Waals surface area contributed by atoms with Crippen LogP contribution in [0.4, 0.5) is 0 Å². The summed E-state index contributed by atoms with van der Waals surface area (Å²) in [6.45, 7) is 7.19. The van der Waals surface area contributed by atoms with Gasteiger partial charge in [0.25, 0.3) is 0 Å². The van der Waals surface area contributed by atoms with E-state index >= 15 is 0 Å². The van der Waals surface area contributed by atoms with Crippen LogP contribution in [0.5, 0.6) is 0 Å². The molecule has 0 radical (unpaired) electrons. The van der Waals surface area contributed by atoms with Crippen molar-refractivity contribution < 1.29 is 0 Å². The first-order chi connectivity index (χ1) is 16.8. The zero-order valence-electron chi connectivity index (χ0n) is 21.5. The molecule has 3 unspecified atom stereocenters. The standard InChI is InChI=1S/C31H40N2P2/c1-29(2,3)24-15-27(30(19-34)25-11-20-10-21(13-25)14-26(30)12-20)28(16-24)31(35,22-6-4-8-32-17-22)23-7-5-9-33-18-23/h4-9,15-18,20-21,24-26H,10-14,19,34-35H2,1-3H3. The molecule has 0 aliphatic heterocycles. The van der Waals surface area contributed by atoms with Gasteiger partial charge >= 0.3 is 0 Å². The molecule has 0 N–H and O–H groups in total. The van der Waals surface area contributed by atoms with Gasteiger partial charge in [-0.1, -0.05) is 45.1 Å². The van der Waals surface area contributed by atoms with Crippen LogP contribution in [0, 0.1) is 40.4 Å². The summed E-state index contributed by atoms with van der Waals surface area (Å²) in [6, 6.07) is 8.66. The van der Waals surface area contributed by atoms with Gasteiger partial charge in [0, 0.05) is 36.1 Å². The fraction of sp³-hybridized carbons (Fsp3) is 0.548. The van der Waals surface area contributed by atoms with E-state index in [1.165, 1.54) is 55.0 Å². The minimum atomic E-state index is -0.365. The van der Waals surface area contributed by atoms with Gasteiger partial charge in [-0.2, -0.15) is 0 Å². The van der Waals surface area contributed by atoms with Gasteiger partial charge in [-0.3, -0.25) is 9.97 Å². The highest BCUT2D eigenvalue weighted by Crippen LogP contribution is 2.69. The number of aromatic nitrogens is 2. The third-order valence-corrected chi connectivity index (χ3v) is 11.7. The van der Waals surface area contributed by atoms with Crippen molar-refractivity contribution >= 4 is 18.5 Å². The van der Waals surface area contributed by atoms with E-state index in [0.717, 1.165) is 23.7 Å². The Labute approximate surface area is 216 Å². The molecule has 2 heterocycles. The highest BCUT2D eigenvalue weighted by molar-refractivity contribution is 7.19. The van der Waals surface area contributed by atoms with Crippen molar-refractivity contribution in [3.8, 4) is 0 Å². The Morgan fingerprint density at radius 1 is 0.857 bits per heavy atom. The first kappa shape index (κ1) is 24.0. The Morgan fingerprint density at radius 2 is 1.40 bits per heavy atom. The van der Waals surface area contributed by atoms with Crippen LogP contribution in [0.1, 0.15) is 64.0 Å². The average Bonchev–Trinajstić information content (AvgIpc) is 3.32. The van der Waals surface area contributed by atoms with Crippen LogP contribution in [0.2, 0.25) is 0 Å². The second kappa shape index (κ2) is 8.60. The molecule has 4 saturated carbocycles. The summed E-state index contributed by atoms with van der Waals surface area (Å²) in [7, 11) is 6.53. The summed E-state index contributed by atoms with van der Waals surface area (Å²) in [5.74, 6) is 3.97. The summed E-state index contributed by atoms with van der Waals surface area (Å²) in [5, 5.41) is -0.365. The lowest BCUT2D eigenvalue weighted by Gasteiger charge is -2.63. The van der Waals surface area contributed by atoms with Gasteiger partial charge in [-0.05, 0) is 102 Å². The molecule has 5 aliphatic rings. The molecule has 2 nitrogen and oxygen atoms in total. The van der Waals surface area contributed by atoms with Gasteiger partial charge < -0.3 is 0 Å². The van der Waals surface area contributed by atoms with Crippen LogP contribution in [0.3, 0.4) is 0 Å². The Kier molecular flexibility index (Phi) is 5.90. The van der Waals surface area contributed by atoms with E-state index in [-0.39, 0.29) is 16.0 Å². The van der Waals surface area contributed by atoms with Crippen molar-refractivity contribution in [1.29, 1.82) is 0 Å². The zero-order chi connectivity index (χ0) is 24.4. The van der Waals surface area contributed by atoms with Gasteiger partial charge in [0.05, 0.1) is 5.16 Å². The fourth-order valence-corrected chi connectivity index (χ4v) is 9.89. The lowest BCUT2D eigenvalue weighted by molar-refractivity contribution is -0.0736. The lowest BCUT2D eigenvalue weighted by Crippen LogP contribution is -2.55. The van der Waals surface area contributed by atoms with Crippen molar-refractivity contribution in [3.63, 3.8) is 0 Å². The summed E-state index contributed by atoms with van der Waals surface area (Å²) in [5.41, 5.74) is 6.02. The molecular weight excluding hydrogens is 462 g/mol. The van der Waals surface area contributed by atoms with Crippen LogP contribution in [0.15, 0.2) is 72.4 Å². The molecule has 4 heteroatoms. The quantitative estimate of drug-likeness (QED) is 0.397. The summed E-state index contributed by atoms with van der Waals surface area (Å²) >= 11 is 0. The van der Waals surface area contributed by atoms with Gasteiger partial charge in [0.15, 0.2) is 0 Å². The van der Waals surface area contributed by atoms with Crippen molar-refractivity contribution in [3.05, 3.63) is 83.5 Å². The monoisotopic (exact) mass is 502 g/mol. The summed E-state index contributed by atoms with van der Waals surface area (Å²) in [4.78, 5) is 9.16. The van der Waals surface area contributed by atoms with Gasteiger partial charge in [-0.15, -0.1) is 18.5 Å². The maximum absolute atomic E-state index is 4.58. The van der Waals surface area contributed by atoms with E-state index < -0.39 is 0 Å². The molecule has 0 saturated heterocycles. The van der Waals surface area contributed by atoms with Crippen molar-refractivity contribution in [1.82, 2.24) is 9.97 Å². The molecule has 4 bridgehead atoms. The highest BCUT2D eigenvalue weighted by atomic mass is 31.0. The smallest absolute Gasteiger partial charge is 0.0621 e. The van der Waals surface area contributed by atoms with E-state index in [1.54, 1.807) is 5.57 Å². The van der Waals surface area contributed by atoms with E-state index in [4.69, 9.17) is 0 Å². The molecule has 5 aliphatic carbocycles. The Morgan fingerprint density at radius 3 is 1.83 bits per heavy atom. The maximum Gasteiger partial charge on any atom is 0.0621 e. The molecule has 2 aromatic rings. The Hall–Kier alpha value is -1.36. The second-order valence-electron chi connectivity index (χ2n) is 12.9. The molecular formula is C31H40N2P2. The number of hydrogen-bond acceptors (Lipinski definition) is 2. The van der Waals surface area contributed by atoms with Gasteiger partial charge in [-0.25, -0.2) is 0 Å². The first-order valence-corrected chi connectivity index (χ1v) is 14.9. The topological polar surface area (TPSA) is 25.8 Å². The second-order valence-corrected chi connectivity index (χ2v) is 14.2. The molecule has 184 valence electrons. The van der Waals surface area contributed by atoms with Crippen molar-refractivity contribution in [2.75, 3.05) is 6.16 Å². The van der Waals surface area contributed by atoms with Crippen LogP contribution >= 0.6 is 18.5 Å². The Bertz CT molecular complexity index is 1080. The third-order valence-electron chi connectivity index (χ3n) is 10.1. The normalized spacial score (nSPS) is 34.1. The first-order valence-electron chi connectivity index (χ1n) is 13.5. The zero-order valence-corrected chi connectivity index (χ0v) is 23.8. The van der Waals surface area contributed by atoms with E-state index in [1.807, 2.05) is 12.4 Å². The lowest BCUT2D eigenvalue weighted by atomic mass is 9.43. The van der Waals surface area contributed by atoms with Crippen molar-refractivity contribution in [2.45, 2.75) is 58.0 Å². The van der Waals surface area contributed by atoms with Crippen LogP contribution in [-0.4, -0.2) is 16.1 Å². The average molecular weight is 503 g/mol. The molecule has 0 aromatic carbocycles. The van der Waals surface area contributed by atoms with Gasteiger partial charge in [0.1, 0.15) is 0 Å².